The summed E-state index contributed by atoms with van der Waals surface area (Å²) < 4.78 is 25.6. The average Bonchev–Trinajstić information content (AvgIpc) is 2.69. The Morgan fingerprint density at radius 3 is 2.54 bits per heavy atom. The van der Waals surface area contributed by atoms with Crippen molar-refractivity contribution in [1.29, 1.82) is 0 Å². The normalized spacial score (nSPS) is 17.9. The second-order valence-corrected chi connectivity index (χ2v) is 9.73. The molecule has 28 heavy (non-hydrogen) atoms. The predicted molar refractivity (Wildman–Crippen MR) is 112 cm³/mol. The van der Waals surface area contributed by atoms with E-state index in [4.69, 9.17) is 0 Å². The van der Waals surface area contributed by atoms with E-state index < -0.39 is 15.9 Å². The molecule has 6 nitrogen and oxygen atoms in total. The van der Waals surface area contributed by atoms with E-state index in [-0.39, 0.29) is 18.2 Å². The van der Waals surface area contributed by atoms with Crippen LogP contribution < -0.4 is 5.32 Å². The number of carbonyl (C=O) groups excluding carboxylic acids is 2. The number of piperidine rings is 1. The largest absolute Gasteiger partial charge is 0.325 e. The summed E-state index contributed by atoms with van der Waals surface area (Å²) in [5.74, 6) is -0.928. The first-order valence-corrected chi connectivity index (χ1v) is 11.5. The van der Waals surface area contributed by atoms with Gasteiger partial charge in [0.15, 0.2) is 5.78 Å². The number of hydrogen-bond donors (Lipinski definition) is 1. The molecule has 2 aromatic rings. The van der Waals surface area contributed by atoms with Crippen LogP contribution in [0.4, 0.5) is 5.69 Å². The molecule has 1 atom stereocenters. The molecule has 0 aliphatic carbocycles. The second-order valence-electron chi connectivity index (χ2n) is 6.83. The van der Waals surface area contributed by atoms with E-state index in [1.54, 1.807) is 42.5 Å². The number of nitrogens with one attached hydrogen (secondary N) is 1. The average molecular weight is 465 g/mol. The molecule has 0 aromatic heterocycles. The SMILES string of the molecule is CS(=O)(=O)N1CCCC(C(=O)Nc2ccc(Br)cc2C(=O)c2ccccc2)C1. The van der Waals surface area contributed by atoms with Gasteiger partial charge in [0.1, 0.15) is 0 Å². The fourth-order valence-electron chi connectivity index (χ4n) is 3.25. The van der Waals surface area contributed by atoms with Crippen molar-refractivity contribution in [1.82, 2.24) is 4.31 Å². The summed E-state index contributed by atoms with van der Waals surface area (Å²) in [4.78, 5) is 25.7. The lowest BCUT2D eigenvalue weighted by atomic mass is 9.97. The van der Waals surface area contributed by atoms with Gasteiger partial charge in [-0.1, -0.05) is 46.3 Å². The number of amides is 1. The van der Waals surface area contributed by atoms with Gasteiger partial charge in [-0.25, -0.2) is 12.7 Å². The summed E-state index contributed by atoms with van der Waals surface area (Å²) in [6.45, 7) is 0.585. The molecule has 8 heteroatoms. The molecule has 1 N–H and O–H groups in total. The van der Waals surface area contributed by atoms with E-state index in [0.29, 0.717) is 36.2 Å². The van der Waals surface area contributed by atoms with E-state index in [1.165, 1.54) is 4.31 Å². The van der Waals surface area contributed by atoms with Crippen LogP contribution in [0.2, 0.25) is 0 Å². The molecule has 1 fully saturated rings. The highest BCUT2D eigenvalue weighted by molar-refractivity contribution is 9.10. The highest BCUT2D eigenvalue weighted by Crippen LogP contribution is 2.26. The third-order valence-corrected chi connectivity index (χ3v) is 6.51. The van der Waals surface area contributed by atoms with Crippen molar-refractivity contribution in [2.75, 3.05) is 24.7 Å². The molecule has 0 spiro atoms. The van der Waals surface area contributed by atoms with Gasteiger partial charge in [0.05, 0.1) is 17.9 Å². The summed E-state index contributed by atoms with van der Waals surface area (Å²) in [5, 5.41) is 2.83. The van der Waals surface area contributed by atoms with Crippen molar-refractivity contribution >= 4 is 43.3 Å². The Morgan fingerprint density at radius 1 is 1.14 bits per heavy atom. The first-order valence-electron chi connectivity index (χ1n) is 8.91. The Kier molecular flexibility index (Phi) is 6.32. The fourth-order valence-corrected chi connectivity index (χ4v) is 4.52. The van der Waals surface area contributed by atoms with Gasteiger partial charge >= 0.3 is 0 Å². The molecule has 0 saturated carbocycles. The summed E-state index contributed by atoms with van der Waals surface area (Å²) in [6, 6.07) is 13.9. The van der Waals surface area contributed by atoms with Crippen LogP contribution in [-0.4, -0.2) is 43.8 Å². The van der Waals surface area contributed by atoms with Gasteiger partial charge in [-0.2, -0.15) is 0 Å². The smallest absolute Gasteiger partial charge is 0.228 e. The zero-order chi connectivity index (χ0) is 20.3. The highest BCUT2D eigenvalue weighted by atomic mass is 79.9. The summed E-state index contributed by atoms with van der Waals surface area (Å²) in [6.07, 6.45) is 2.39. The Morgan fingerprint density at radius 2 is 1.86 bits per heavy atom. The minimum Gasteiger partial charge on any atom is -0.325 e. The minimum absolute atomic E-state index is 0.156. The Labute approximate surface area is 173 Å². The van der Waals surface area contributed by atoms with Gasteiger partial charge in [-0.05, 0) is 31.0 Å². The van der Waals surface area contributed by atoms with Crippen LogP contribution in [0.15, 0.2) is 53.0 Å². The third kappa shape index (κ3) is 4.87. The van der Waals surface area contributed by atoms with Crippen LogP contribution in [0.25, 0.3) is 0 Å². The molecule has 3 rings (SSSR count). The maximum Gasteiger partial charge on any atom is 0.228 e. The van der Waals surface area contributed by atoms with E-state index in [1.807, 2.05) is 6.07 Å². The summed E-state index contributed by atoms with van der Waals surface area (Å²) >= 11 is 3.37. The van der Waals surface area contributed by atoms with E-state index in [9.17, 15) is 18.0 Å². The Hall–Kier alpha value is -2.03. The number of carbonyl (C=O) groups is 2. The predicted octanol–water partition coefficient (Wildman–Crippen LogP) is 3.29. The lowest BCUT2D eigenvalue weighted by Gasteiger charge is -2.30. The third-order valence-electron chi connectivity index (χ3n) is 4.74. The van der Waals surface area contributed by atoms with E-state index >= 15 is 0 Å². The maximum absolute atomic E-state index is 12.9. The molecule has 1 saturated heterocycles. The van der Waals surface area contributed by atoms with Gasteiger partial charge in [0.25, 0.3) is 0 Å². The monoisotopic (exact) mass is 464 g/mol. The zero-order valence-electron chi connectivity index (χ0n) is 15.4. The van der Waals surface area contributed by atoms with Crippen molar-refractivity contribution in [2.45, 2.75) is 12.8 Å². The van der Waals surface area contributed by atoms with Crippen molar-refractivity contribution in [3.63, 3.8) is 0 Å². The molecular formula is C20H21BrN2O4S. The molecule has 1 aliphatic rings. The van der Waals surface area contributed by atoms with Gasteiger partial charge < -0.3 is 5.32 Å². The standard InChI is InChI=1S/C20H21BrN2O4S/c1-28(26,27)23-11-5-8-15(13-23)20(25)22-18-10-9-16(21)12-17(18)19(24)14-6-3-2-4-7-14/h2-4,6-7,9-10,12,15H,5,8,11,13H2,1H3,(H,22,25). The molecule has 2 aromatic carbocycles. The number of rotatable bonds is 5. The van der Waals surface area contributed by atoms with Crippen LogP contribution >= 0.6 is 15.9 Å². The lowest BCUT2D eigenvalue weighted by molar-refractivity contribution is -0.120. The number of halogens is 1. The molecule has 1 unspecified atom stereocenters. The van der Waals surface area contributed by atoms with Crippen molar-refractivity contribution in [2.24, 2.45) is 5.92 Å². The zero-order valence-corrected chi connectivity index (χ0v) is 17.8. The van der Waals surface area contributed by atoms with Gasteiger partial charge in [0.2, 0.25) is 15.9 Å². The van der Waals surface area contributed by atoms with E-state index in [2.05, 4.69) is 21.2 Å². The van der Waals surface area contributed by atoms with Gasteiger partial charge in [0, 0.05) is 28.7 Å². The van der Waals surface area contributed by atoms with Gasteiger partial charge in [-0.15, -0.1) is 0 Å². The number of nitrogens with zero attached hydrogens (tertiary/aromatic N) is 1. The Bertz CT molecular complexity index is 993. The number of hydrogen-bond acceptors (Lipinski definition) is 4. The molecule has 1 aliphatic heterocycles. The lowest BCUT2D eigenvalue weighted by Crippen LogP contribution is -2.43. The number of ketones is 1. The summed E-state index contributed by atoms with van der Waals surface area (Å²) in [7, 11) is -3.34. The molecular weight excluding hydrogens is 444 g/mol. The van der Waals surface area contributed by atoms with Crippen LogP contribution in [0, 0.1) is 5.92 Å². The number of benzene rings is 2. The Balaban J connectivity index is 1.82. The maximum atomic E-state index is 12.9. The second kappa shape index (κ2) is 8.55. The topological polar surface area (TPSA) is 83.6 Å². The quantitative estimate of drug-likeness (QED) is 0.687. The molecule has 1 amide bonds. The van der Waals surface area contributed by atoms with Crippen LogP contribution in [0.1, 0.15) is 28.8 Å². The van der Waals surface area contributed by atoms with Crippen LogP contribution in [0.3, 0.4) is 0 Å². The van der Waals surface area contributed by atoms with Crippen molar-refractivity contribution in [3.8, 4) is 0 Å². The highest BCUT2D eigenvalue weighted by Gasteiger charge is 2.30. The van der Waals surface area contributed by atoms with Crippen molar-refractivity contribution in [3.05, 3.63) is 64.1 Å². The van der Waals surface area contributed by atoms with Crippen LogP contribution in [0.5, 0.6) is 0 Å². The molecule has 0 radical (unpaired) electrons. The minimum atomic E-state index is -3.34. The molecule has 148 valence electrons. The molecule has 0 bridgehead atoms. The summed E-state index contributed by atoms with van der Waals surface area (Å²) in [5.41, 5.74) is 1.32. The first-order chi connectivity index (χ1) is 13.3. The first kappa shape index (κ1) is 20.7. The van der Waals surface area contributed by atoms with Crippen molar-refractivity contribution < 1.29 is 18.0 Å². The van der Waals surface area contributed by atoms with Gasteiger partial charge in [-0.3, -0.25) is 9.59 Å². The number of sulfonamides is 1. The molecule has 1 heterocycles. The number of anilines is 1. The van der Waals surface area contributed by atoms with Crippen LogP contribution in [-0.2, 0) is 14.8 Å². The van der Waals surface area contributed by atoms with E-state index in [0.717, 1.165) is 10.7 Å². The fraction of sp³-hybridized carbons (Fsp3) is 0.300.